The highest BCUT2D eigenvalue weighted by Gasteiger charge is 2.22. The fourth-order valence-electron chi connectivity index (χ4n) is 3.54. The zero-order chi connectivity index (χ0) is 26.3. The van der Waals surface area contributed by atoms with Crippen molar-refractivity contribution in [2.45, 2.75) is 32.7 Å². The van der Waals surface area contributed by atoms with Crippen LogP contribution in [-0.2, 0) is 36.8 Å². The number of carbonyl (C=O) groups excluding carboxylic acids is 3. The van der Waals surface area contributed by atoms with Crippen molar-refractivity contribution in [3.05, 3.63) is 46.2 Å². The van der Waals surface area contributed by atoms with E-state index in [1.54, 1.807) is 37.4 Å². The first-order valence-electron chi connectivity index (χ1n) is 11.8. The summed E-state index contributed by atoms with van der Waals surface area (Å²) in [6.45, 7) is 3.33. The minimum Gasteiger partial charge on any atom is -0.493 e. The Labute approximate surface area is 216 Å². The predicted molar refractivity (Wildman–Crippen MR) is 137 cm³/mol. The van der Waals surface area contributed by atoms with Crippen molar-refractivity contribution >= 4 is 29.1 Å². The molecule has 2 rings (SSSR count). The topological polar surface area (TPSA) is 94.6 Å². The van der Waals surface area contributed by atoms with E-state index in [4.69, 9.17) is 18.9 Å². The number of hydrogen-bond acceptors (Lipinski definition) is 8. The van der Waals surface area contributed by atoms with Crippen LogP contribution < -0.4 is 9.47 Å². The van der Waals surface area contributed by atoms with Gasteiger partial charge >= 0.3 is 5.97 Å². The molecule has 2 aromatic rings. The maximum absolute atomic E-state index is 13.4. The third kappa shape index (κ3) is 9.50. The number of carbonyl (C=O) groups is 3. The van der Waals surface area contributed by atoms with E-state index in [1.807, 2.05) is 35.7 Å². The standard InChI is InChI=1S/C26H36N2O7S/c1-5-35-26(31)11-10-24(29)28(14-15-32-2)19-25(30)27(18-21-7-6-16-36-21)13-12-20-8-9-22(33-3)23(17-20)34-4/h6-9,16-17H,5,10-15,18-19H2,1-4H3. The van der Waals surface area contributed by atoms with Crippen molar-refractivity contribution in [2.24, 2.45) is 0 Å². The minimum atomic E-state index is -0.432. The van der Waals surface area contributed by atoms with Crippen molar-refractivity contribution in [1.29, 1.82) is 0 Å². The maximum Gasteiger partial charge on any atom is 0.306 e. The molecule has 0 bridgehead atoms. The Morgan fingerprint density at radius 1 is 0.917 bits per heavy atom. The van der Waals surface area contributed by atoms with Crippen molar-refractivity contribution in [2.75, 3.05) is 54.2 Å². The number of hydrogen-bond donors (Lipinski definition) is 0. The molecule has 0 saturated heterocycles. The average molecular weight is 521 g/mol. The first-order valence-corrected chi connectivity index (χ1v) is 12.7. The maximum atomic E-state index is 13.4. The third-order valence-electron chi connectivity index (χ3n) is 5.49. The fraction of sp³-hybridized carbons (Fsp3) is 0.500. The molecule has 36 heavy (non-hydrogen) atoms. The Kier molecular flexibility index (Phi) is 12.8. The summed E-state index contributed by atoms with van der Waals surface area (Å²) in [5.41, 5.74) is 0.999. The Morgan fingerprint density at radius 3 is 2.33 bits per heavy atom. The normalized spacial score (nSPS) is 10.6. The number of methoxy groups -OCH3 is 3. The molecule has 0 aliphatic rings. The van der Waals surface area contributed by atoms with Crippen LogP contribution in [0.15, 0.2) is 35.7 Å². The number of benzene rings is 1. The molecule has 1 heterocycles. The van der Waals surface area contributed by atoms with Gasteiger partial charge in [0.2, 0.25) is 11.8 Å². The van der Waals surface area contributed by atoms with Gasteiger partial charge in [0.25, 0.3) is 0 Å². The number of ether oxygens (including phenoxy) is 4. The number of nitrogens with zero attached hydrogens (tertiary/aromatic N) is 2. The van der Waals surface area contributed by atoms with Crippen LogP contribution in [0.5, 0.6) is 11.5 Å². The lowest BCUT2D eigenvalue weighted by Gasteiger charge is -2.27. The Bertz CT molecular complexity index is 965. The van der Waals surface area contributed by atoms with E-state index >= 15 is 0 Å². The molecule has 9 nitrogen and oxygen atoms in total. The summed E-state index contributed by atoms with van der Waals surface area (Å²) in [4.78, 5) is 42.1. The molecular weight excluding hydrogens is 484 g/mol. The molecule has 0 saturated carbocycles. The van der Waals surface area contributed by atoms with Crippen LogP contribution in [0.25, 0.3) is 0 Å². The second kappa shape index (κ2) is 15.8. The van der Waals surface area contributed by atoms with Crippen molar-refractivity contribution in [1.82, 2.24) is 9.80 Å². The summed E-state index contributed by atoms with van der Waals surface area (Å²) in [7, 11) is 4.71. The molecule has 1 aromatic heterocycles. The summed E-state index contributed by atoms with van der Waals surface area (Å²) in [5.74, 6) is 0.374. The van der Waals surface area contributed by atoms with E-state index in [1.165, 1.54) is 12.0 Å². The highest BCUT2D eigenvalue weighted by Crippen LogP contribution is 2.28. The second-order valence-corrected chi connectivity index (χ2v) is 8.98. The SMILES string of the molecule is CCOC(=O)CCC(=O)N(CCOC)CC(=O)N(CCc1ccc(OC)c(OC)c1)Cc1cccs1. The van der Waals surface area contributed by atoms with Gasteiger partial charge in [0.15, 0.2) is 11.5 Å². The van der Waals surface area contributed by atoms with E-state index in [0.717, 1.165) is 10.4 Å². The lowest BCUT2D eigenvalue weighted by molar-refractivity contribution is -0.146. The van der Waals surface area contributed by atoms with E-state index in [-0.39, 0.29) is 51.0 Å². The summed E-state index contributed by atoms with van der Waals surface area (Å²) in [6, 6.07) is 9.61. The van der Waals surface area contributed by atoms with E-state index < -0.39 is 5.97 Å². The molecule has 0 aliphatic carbocycles. The van der Waals surface area contributed by atoms with Gasteiger partial charge in [-0.1, -0.05) is 12.1 Å². The van der Waals surface area contributed by atoms with Crippen LogP contribution in [0.4, 0.5) is 0 Å². The zero-order valence-corrected chi connectivity index (χ0v) is 22.3. The molecular formula is C26H36N2O7S. The molecule has 2 amide bonds. The molecule has 1 aromatic carbocycles. The first kappa shape index (κ1) is 29.1. The van der Waals surface area contributed by atoms with E-state index in [9.17, 15) is 14.4 Å². The molecule has 10 heteroatoms. The van der Waals surface area contributed by atoms with Gasteiger partial charge in [0.1, 0.15) is 0 Å². The summed E-state index contributed by atoms with van der Waals surface area (Å²) >= 11 is 1.57. The monoisotopic (exact) mass is 520 g/mol. The Hall–Kier alpha value is -3.11. The fourth-order valence-corrected chi connectivity index (χ4v) is 4.26. The van der Waals surface area contributed by atoms with Crippen molar-refractivity contribution in [3.63, 3.8) is 0 Å². The predicted octanol–water partition coefficient (Wildman–Crippen LogP) is 3.15. The third-order valence-corrected chi connectivity index (χ3v) is 6.35. The van der Waals surface area contributed by atoms with Gasteiger partial charge in [0.05, 0.1) is 46.9 Å². The summed E-state index contributed by atoms with van der Waals surface area (Å²) in [5, 5.41) is 1.97. The van der Waals surface area contributed by atoms with E-state index in [2.05, 4.69) is 0 Å². The lowest BCUT2D eigenvalue weighted by atomic mass is 10.1. The minimum absolute atomic E-state index is 0.0214. The Balaban J connectivity index is 2.11. The van der Waals surface area contributed by atoms with Gasteiger partial charge in [-0.05, 0) is 42.5 Å². The Morgan fingerprint density at radius 2 is 1.69 bits per heavy atom. The molecule has 0 aliphatic heterocycles. The molecule has 0 radical (unpaired) electrons. The molecule has 0 unspecified atom stereocenters. The smallest absolute Gasteiger partial charge is 0.306 e. The van der Waals surface area contributed by atoms with E-state index in [0.29, 0.717) is 31.0 Å². The first-order chi connectivity index (χ1) is 17.4. The van der Waals surface area contributed by atoms with Gasteiger partial charge < -0.3 is 28.7 Å². The van der Waals surface area contributed by atoms with Gasteiger partial charge in [0, 0.05) is 31.5 Å². The van der Waals surface area contributed by atoms with Crippen molar-refractivity contribution in [3.8, 4) is 11.5 Å². The number of thiophene rings is 1. The highest BCUT2D eigenvalue weighted by atomic mass is 32.1. The van der Waals surface area contributed by atoms with Crippen LogP contribution in [0.3, 0.4) is 0 Å². The van der Waals surface area contributed by atoms with Crippen LogP contribution in [0.2, 0.25) is 0 Å². The second-order valence-electron chi connectivity index (χ2n) is 7.95. The molecule has 0 N–H and O–H groups in total. The number of amides is 2. The van der Waals surface area contributed by atoms with Gasteiger partial charge in [-0.15, -0.1) is 11.3 Å². The van der Waals surface area contributed by atoms with Crippen LogP contribution in [-0.4, -0.2) is 81.8 Å². The lowest BCUT2D eigenvalue weighted by Crippen LogP contribution is -2.44. The molecule has 0 atom stereocenters. The van der Waals surface area contributed by atoms with Crippen LogP contribution in [0.1, 0.15) is 30.2 Å². The van der Waals surface area contributed by atoms with Gasteiger partial charge in [-0.2, -0.15) is 0 Å². The summed E-state index contributed by atoms with van der Waals surface area (Å²) < 4.78 is 20.7. The average Bonchev–Trinajstić information content (AvgIpc) is 3.40. The number of rotatable bonds is 16. The molecule has 0 fully saturated rings. The quantitative estimate of drug-likeness (QED) is 0.314. The largest absolute Gasteiger partial charge is 0.493 e. The zero-order valence-electron chi connectivity index (χ0n) is 21.5. The summed E-state index contributed by atoms with van der Waals surface area (Å²) in [6.07, 6.45) is 0.557. The number of esters is 1. The molecule has 198 valence electrons. The van der Waals surface area contributed by atoms with Crippen molar-refractivity contribution < 1.29 is 33.3 Å². The molecule has 0 spiro atoms. The van der Waals surface area contributed by atoms with Gasteiger partial charge in [-0.25, -0.2) is 0 Å². The van der Waals surface area contributed by atoms with Gasteiger partial charge in [-0.3, -0.25) is 14.4 Å². The van der Waals surface area contributed by atoms with Crippen LogP contribution >= 0.6 is 11.3 Å². The highest BCUT2D eigenvalue weighted by molar-refractivity contribution is 7.09. The van der Waals surface area contributed by atoms with Crippen LogP contribution in [0, 0.1) is 0 Å².